The first-order valence-electron chi connectivity index (χ1n) is 7.24. The van der Waals surface area contributed by atoms with E-state index >= 15 is 0 Å². The van der Waals surface area contributed by atoms with Gasteiger partial charge in [-0.15, -0.1) is 0 Å². The number of benzene rings is 2. The van der Waals surface area contributed by atoms with Gasteiger partial charge in [0, 0.05) is 0 Å². The number of methoxy groups -OCH3 is 3. The molecule has 0 aliphatic rings. The molecular weight excluding hydrogens is 280 g/mol. The van der Waals surface area contributed by atoms with Gasteiger partial charge in [-0.3, -0.25) is 0 Å². The third-order valence-electron chi connectivity index (χ3n) is 3.62. The number of hydrogen-bond acceptors (Lipinski definition) is 4. The van der Waals surface area contributed by atoms with E-state index in [1.807, 2.05) is 24.3 Å². The van der Waals surface area contributed by atoms with Crippen molar-refractivity contribution in [3.05, 3.63) is 47.5 Å². The molecule has 118 valence electrons. The van der Waals surface area contributed by atoms with Crippen LogP contribution in [-0.2, 0) is 12.8 Å². The van der Waals surface area contributed by atoms with E-state index in [9.17, 15) is 5.11 Å². The van der Waals surface area contributed by atoms with Gasteiger partial charge in [0.25, 0.3) is 0 Å². The molecule has 0 bridgehead atoms. The lowest BCUT2D eigenvalue weighted by atomic mass is 10.0. The molecule has 4 nitrogen and oxygen atoms in total. The van der Waals surface area contributed by atoms with Gasteiger partial charge in [0.1, 0.15) is 0 Å². The number of phenols is 1. The predicted molar refractivity (Wildman–Crippen MR) is 86.2 cm³/mol. The van der Waals surface area contributed by atoms with Crippen molar-refractivity contribution in [3.8, 4) is 23.0 Å². The maximum absolute atomic E-state index is 9.78. The average molecular weight is 302 g/mol. The molecule has 0 fully saturated rings. The molecule has 0 unspecified atom stereocenters. The first-order valence-corrected chi connectivity index (χ1v) is 7.24. The maximum Gasteiger partial charge on any atom is 0.160 e. The molecular formula is C18H22O4. The van der Waals surface area contributed by atoms with Crippen molar-refractivity contribution in [3.63, 3.8) is 0 Å². The third kappa shape index (κ3) is 3.85. The van der Waals surface area contributed by atoms with Gasteiger partial charge in [-0.2, -0.15) is 0 Å². The summed E-state index contributed by atoms with van der Waals surface area (Å²) in [6.45, 7) is 0. The van der Waals surface area contributed by atoms with Crippen LogP contribution in [0.5, 0.6) is 23.0 Å². The molecule has 0 amide bonds. The lowest BCUT2D eigenvalue weighted by Crippen LogP contribution is -1.94. The van der Waals surface area contributed by atoms with Crippen LogP contribution in [0.3, 0.4) is 0 Å². The van der Waals surface area contributed by atoms with Crippen molar-refractivity contribution in [2.75, 3.05) is 21.3 Å². The Balaban J connectivity index is 1.95. The van der Waals surface area contributed by atoms with Gasteiger partial charge in [-0.25, -0.2) is 0 Å². The summed E-state index contributed by atoms with van der Waals surface area (Å²) in [6, 6.07) is 11.5. The van der Waals surface area contributed by atoms with E-state index in [-0.39, 0.29) is 5.75 Å². The number of rotatable bonds is 7. The van der Waals surface area contributed by atoms with Crippen LogP contribution in [0, 0.1) is 0 Å². The van der Waals surface area contributed by atoms with E-state index in [0.29, 0.717) is 5.75 Å². The molecule has 0 spiro atoms. The van der Waals surface area contributed by atoms with E-state index in [1.54, 1.807) is 33.5 Å². The van der Waals surface area contributed by atoms with Crippen molar-refractivity contribution in [2.45, 2.75) is 19.3 Å². The van der Waals surface area contributed by atoms with Gasteiger partial charge in [0.15, 0.2) is 23.0 Å². The van der Waals surface area contributed by atoms with Crippen LogP contribution >= 0.6 is 0 Å². The summed E-state index contributed by atoms with van der Waals surface area (Å²) in [5.74, 6) is 2.18. The normalized spacial score (nSPS) is 10.3. The molecule has 2 aromatic rings. The smallest absolute Gasteiger partial charge is 0.160 e. The van der Waals surface area contributed by atoms with E-state index in [2.05, 4.69) is 0 Å². The topological polar surface area (TPSA) is 47.9 Å². The molecule has 1 N–H and O–H groups in total. The van der Waals surface area contributed by atoms with Gasteiger partial charge in [0.2, 0.25) is 0 Å². The molecule has 2 rings (SSSR count). The largest absolute Gasteiger partial charge is 0.504 e. The zero-order chi connectivity index (χ0) is 15.9. The Bertz CT molecular complexity index is 622. The highest BCUT2D eigenvalue weighted by atomic mass is 16.5. The molecule has 22 heavy (non-hydrogen) atoms. The zero-order valence-corrected chi connectivity index (χ0v) is 13.3. The minimum Gasteiger partial charge on any atom is -0.504 e. The molecule has 0 atom stereocenters. The third-order valence-corrected chi connectivity index (χ3v) is 3.62. The van der Waals surface area contributed by atoms with E-state index in [1.165, 1.54) is 5.56 Å². The number of phenolic OH excluding ortho intramolecular Hbond substituents is 1. The highest BCUT2D eigenvalue weighted by Crippen LogP contribution is 2.29. The maximum atomic E-state index is 9.78. The summed E-state index contributed by atoms with van der Waals surface area (Å²) >= 11 is 0. The second-order valence-electron chi connectivity index (χ2n) is 5.05. The molecule has 0 saturated carbocycles. The fourth-order valence-corrected chi connectivity index (χ4v) is 2.42. The summed E-state index contributed by atoms with van der Waals surface area (Å²) in [6.07, 6.45) is 2.82. The Labute approximate surface area is 131 Å². The van der Waals surface area contributed by atoms with Crippen molar-refractivity contribution in [1.29, 1.82) is 0 Å². The van der Waals surface area contributed by atoms with Crippen LogP contribution in [0.1, 0.15) is 17.5 Å². The molecule has 0 radical (unpaired) electrons. The Kier molecular flexibility index (Phi) is 5.53. The first-order chi connectivity index (χ1) is 10.7. The minimum absolute atomic E-state index is 0.186. The molecule has 0 aliphatic carbocycles. The minimum atomic E-state index is 0.186. The molecule has 2 aromatic carbocycles. The Morgan fingerprint density at radius 3 is 1.82 bits per heavy atom. The number of aryl methyl sites for hydroxylation is 2. The fourth-order valence-electron chi connectivity index (χ4n) is 2.42. The Hall–Kier alpha value is -2.36. The van der Waals surface area contributed by atoms with Crippen molar-refractivity contribution >= 4 is 0 Å². The number of hydrogen-bond donors (Lipinski definition) is 1. The summed E-state index contributed by atoms with van der Waals surface area (Å²) in [7, 11) is 4.82. The lowest BCUT2D eigenvalue weighted by Gasteiger charge is -2.10. The summed E-state index contributed by atoms with van der Waals surface area (Å²) in [4.78, 5) is 0. The zero-order valence-electron chi connectivity index (χ0n) is 13.3. The Morgan fingerprint density at radius 1 is 0.727 bits per heavy atom. The number of aromatic hydroxyl groups is 1. The van der Waals surface area contributed by atoms with E-state index in [0.717, 1.165) is 36.3 Å². The van der Waals surface area contributed by atoms with Crippen LogP contribution in [0.2, 0.25) is 0 Å². The van der Waals surface area contributed by atoms with Gasteiger partial charge in [-0.1, -0.05) is 12.1 Å². The molecule has 0 aromatic heterocycles. The van der Waals surface area contributed by atoms with Crippen molar-refractivity contribution < 1.29 is 19.3 Å². The predicted octanol–water partition coefficient (Wildman–Crippen LogP) is 3.59. The van der Waals surface area contributed by atoms with Gasteiger partial charge in [0.05, 0.1) is 21.3 Å². The van der Waals surface area contributed by atoms with Crippen LogP contribution < -0.4 is 14.2 Å². The standard InChI is InChI=1S/C18H22O4/c1-20-16-9-7-13(11-15(16)19)5-4-6-14-8-10-17(21-2)18(12-14)22-3/h7-12,19H,4-6H2,1-3H3. The van der Waals surface area contributed by atoms with E-state index < -0.39 is 0 Å². The summed E-state index contributed by atoms with van der Waals surface area (Å²) in [5.41, 5.74) is 2.30. The lowest BCUT2D eigenvalue weighted by molar-refractivity contribution is 0.354. The molecule has 0 saturated heterocycles. The monoisotopic (exact) mass is 302 g/mol. The fraction of sp³-hybridized carbons (Fsp3) is 0.333. The average Bonchev–Trinajstić information content (AvgIpc) is 2.55. The molecule has 0 aliphatic heterocycles. The second kappa shape index (κ2) is 7.59. The van der Waals surface area contributed by atoms with Crippen LogP contribution in [0.4, 0.5) is 0 Å². The van der Waals surface area contributed by atoms with Crippen LogP contribution in [0.15, 0.2) is 36.4 Å². The van der Waals surface area contributed by atoms with Crippen LogP contribution in [0.25, 0.3) is 0 Å². The van der Waals surface area contributed by atoms with Gasteiger partial charge < -0.3 is 19.3 Å². The summed E-state index contributed by atoms with van der Waals surface area (Å²) in [5, 5.41) is 9.78. The van der Waals surface area contributed by atoms with Crippen LogP contribution in [-0.4, -0.2) is 26.4 Å². The second-order valence-corrected chi connectivity index (χ2v) is 5.05. The first kappa shape index (κ1) is 16.0. The Morgan fingerprint density at radius 2 is 1.27 bits per heavy atom. The van der Waals surface area contributed by atoms with Gasteiger partial charge >= 0.3 is 0 Å². The molecule has 4 heteroatoms. The SMILES string of the molecule is COc1ccc(CCCc2ccc(OC)c(OC)c2)cc1O. The van der Waals surface area contributed by atoms with Crippen molar-refractivity contribution in [2.24, 2.45) is 0 Å². The molecule has 0 heterocycles. The number of ether oxygens (including phenoxy) is 3. The highest BCUT2D eigenvalue weighted by Gasteiger charge is 2.06. The van der Waals surface area contributed by atoms with E-state index in [4.69, 9.17) is 14.2 Å². The highest BCUT2D eigenvalue weighted by molar-refractivity contribution is 5.43. The van der Waals surface area contributed by atoms with Crippen molar-refractivity contribution in [1.82, 2.24) is 0 Å². The quantitative estimate of drug-likeness (QED) is 0.849. The van der Waals surface area contributed by atoms with Gasteiger partial charge in [-0.05, 0) is 54.7 Å². The summed E-state index contributed by atoms with van der Waals surface area (Å²) < 4.78 is 15.6.